The van der Waals surface area contributed by atoms with Crippen LogP contribution in [0.25, 0.3) is 0 Å². The van der Waals surface area contributed by atoms with Gasteiger partial charge in [-0.2, -0.15) is 0 Å². The maximum atomic E-state index is 12.5. The average Bonchev–Trinajstić information content (AvgIpc) is 3.05. The molecule has 1 aliphatic rings. The van der Waals surface area contributed by atoms with Crippen LogP contribution in [0, 0.1) is 0 Å². The molecule has 0 aromatic rings. The van der Waals surface area contributed by atoms with Crippen LogP contribution >= 0.6 is 0 Å². The van der Waals surface area contributed by atoms with Gasteiger partial charge in [-0.05, 0) is 96.3 Å². The number of hydrogen-bond donors (Lipinski definition) is 0. The van der Waals surface area contributed by atoms with Crippen molar-refractivity contribution in [3.8, 4) is 0 Å². The van der Waals surface area contributed by atoms with Gasteiger partial charge in [-0.1, -0.05) is 134 Å². The van der Waals surface area contributed by atoms with Crippen LogP contribution in [-0.2, 0) is 19.1 Å². The third-order valence-corrected chi connectivity index (χ3v) is 9.18. The average molecular weight is 643 g/mol. The molecule has 0 N–H and O–H groups in total. The van der Waals surface area contributed by atoms with Gasteiger partial charge in [0, 0.05) is 12.8 Å². The fourth-order valence-corrected chi connectivity index (χ4v) is 6.21. The zero-order valence-corrected chi connectivity index (χ0v) is 30.5. The van der Waals surface area contributed by atoms with E-state index in [0.717, 1.165) is 64.2 Å². The van der Waals surface area contributed by atoms with Crippen molar-refractivity contribution in [3.05, 3.63) is 36.5 Å². The van der Waals surface area contributed by atoms with Crippen molar-refractivity contribution in [1.82, 2.24) is 0 Å². The molecule has 0 bridgehead atoms. The molecule has 0 spiro atoms. The summed E-state index contributed by atoms with van der Waals surface area (Å²) in [5, 5.41) is 0. The van der Waals surface area contributed by atoms with Gasteiger partial charge in [0.05, 0.1) is 0 Å². The second-order valence-electron chi connectivity index (χ2n) is 13.7. The first-order chi connectivity index (χ1) is 22.7. The van der Waals surface area contributed by atoms with Crippen LogP contribution in [-0.4, -0.2) is 24.1 Å². The zero-order chi connectivity index (χ0) is 33.2. The number of allylic oxidation sites excluding steroid dienone is 6. The molecule has 266 valence electrons. The van der Waals surface area contributed by atoms with Crippen LogP contribution in [0.3, 0.4) is 0 Å². The largest absolute Gasteiger partial charge is 0.458 e. The van der Waals surface area contributed by atoms with Gasteiger partial charge in [-0.15, -0.1) is 0 Å². The monoisotopic (exact) mass is 643 g/mol. The minimum absolute atomic E-state index is 0.126. The molecule has 1 aliphatic carbocycles. The van der Waals surface area contributed by atoms with Crippen molar-refractivity contribution >= 4 is 11.9 Å². The predicted octanol–water partition coefficient (Wildman–Crippen LogP) is 13.2. The van der Waals surface area contributed by atoms with E-state index in [0.29, 0.717) is 12.8 Å². The Labute approximate surface area is 285 Å². The molecule has 0 aromatic carbocycles. The molecule has 0 amide bonds. The molecule has 0 aliphatic heterocycles. The summed E-state index contributed by atoms with van der Waals surface area (Å²) in [6, 6.07) is 0. The van der Waals surface area contributed by atoms with E-state index in [-0.39, 0.29) is 24.1 Å². The van der Waals surface area contributed by atoms with E-state index in [1.807, 2.05) is 0 Å². The van der Waals surface area contributed by atoms with Gasteiger partial charge >= 0.3 is 11.9 Å². The van der Waals surface area contributed by atoms with Crippen molar-refractivity contribution in [2.75, 3.05) is 0 Å². The van der Waals surface area contributed by atoms with E-state index in [4.69, 9.17) is 9.47 Å². The lowest BCUT2D eigenvalue weighted by molar-refractivity contribution is -0.171. The molecule has 0 aromatic heterocycles. The minimum atomic E-state index is -0.266. The molecule has 1 rings (SSSR count). The first-order valence-corrected chi connectivity index (χ1v) is 20.0. The second-order valence-corrected chi connectivity index (χ2v) is 13.7. The summed E-state index contributed by atoms with van der Waals surface area (Å²) in [6.07, 6.45) is 47.1. The van der Waals surface area contributed by atoms with Crippen LogP contribution in [0.1, 0.15) is 206 Å². The minimum Gasteiger partial charge on any atom is -0.458 e. The van der Waals surface area contributed by atoms with E-state index in [1.165, 1.54) is 116 Å². The Balaban J connectivity index is 2.02. The van der Waals surface area contributed by atoms with E-state index in [1.54, 1.807) is 0 Å². The number of unbranched alkanes of at least 4 members (excludes halogenated alkanes) is 19. The van der Waals surface area contributed by atoms with E-state index in [9.17, 15) is 9.59 Å². The maximum Gasteiger partial charge on any atom is 0.306 e. The number of carbonyl (C=O) groups is 2. The number of carbonyl (C=O) groups excluding carboxylic acids is 2. The van der Waals surface area contributed by atoms with Crippen molar-refractivity contribution in [2.45, 2.75) is 219 Å². The lowest BCUT2D eigenvalue weighted by atomic mass is 9.94. The Morgan fingerprint density at radius 3 is 1.22 bits per heavy atom. The molecule has 0 saturated heterocycles. The van der Waals surface area contributed by atoms with Gasteiger partial charge in [-0.3, -0.25) is 9.59 Å². The Morgan fingerprint density at radius 1 is 0.457 bits per heavy atom. The molecule has 2 atom stereocenters. The SMILES string of the molecule is CCCCC/C=C\C/C=C\CCCCCCCC(=O)O[C@H]1CCCC[C@H]1OC(=O)CCCCCCC/C=C\CCCCCCCC. The Kier molecular flexibility index (Phi) is 30.3. The van der Waals surface area contributed by atoms with Gasteiger partial charge in [0.1, 0.15) is 12.2 Å². The summed E-state index contributed by atoms with van der Waals surface area (Å²) < 4.78 is 11.6. The number of esters is 2. The van der Waals surface area contributed by atoms with Crippen LogP contribution in [0.15, 0.2) is 36.5 Å². The topological polar surface area (TPSA) is 52.6 Å². The molecule has 1 saturated carbocycles. The van der Waals surface area contributed by atoms with Gasteiger partial charge in [0.25, 0.3) is 0 Å². The van der Waals surface area contributed by atoms with Gasteiger partial charge in [-0.25, -0.2) is 0 Å². The molecule has 0 heterocycles. The lowest BCUT2D eigenvalue weighted by Crippen LogP contribution is -2.37. The summed E-state index contributed by atoms with van der Waals surface area (Å²) in [6.45, 7) is 4.51. The highest BCUT2D eigenvalue weighted by Gasteiger charge is 2.31. The quantitative estimate of drug-likeness (QED) is 0.0429. The summed E-state index contributed by atoms with van der Waals surface area (Å²) in [5.74, 6) is -0.254. The summed E-state index contributed by atoms with van der Waals surface area (Å²) in [7, 11) is 0. The van der Waals surface area contributed by atoms with E-state index >= 15 is 0 Å². The zero-order valence-electron chi connectivity index (χ0n) is 30.5. The van der Waals surface area contributed by atoms with Gasteiger partial charge < -0.3 is 9.47 Å². The summed E-state index contributed by atoms with van der Waals surface area (Å²) in [4.78, 5) is 25.1. The number of rotatable bonds is 31. The summed E-state index contributed by atoms with van der Waals surface area (Å²) in [5.41, 5.74) is 0. The second kappa shape index (κ2) is 33.1. The molecule has 0 radical (unpaired) electrons. The normalized spacial score (nSPS) is 17.0. The van der Waals surface area contributed by atoms with Crippen molar-refractivity contribution in [2.24, 2.45) is 0 Å². The molecule has 4 heteroatoms. The van der Waals surface area contributed by atoms with Crippen LogP contribution < -0.4 is 0 Å². The number of hydrogen-bond acceptors (Lipinski definition) is 4. The van der Waals surface area contributed by atoms with Crippen LogP contribution in [0.2, 0.25) is 0 Å². The highest BCUT2D eigenvalue weighted by molar-refractivity contribution is 5.70. The predicted molar refractivity (Wildman–Crippen MR) is 197 cm³/mol. The van der Waals surface area contributed by atoms with Crippen LogP contribution in [0.4, 0.5) is 0 Å². The smallest absolute Gasteiger partial charge is 0.306 e. The molecule has 1 fully saturated rings. The van der Waals surface area contributed by atoms with E-state index < -0.39 is 0 Å². The summed E-state index contributed by atoms with van der Waals surface area (Å²) >= 11 is 0. The molecule has 4 nitrogen and oxygen atoms in total. The van der Waals surface area contributed by atoms with E-state index in [2.05, 4.69) is 50.3 Å². The van der Waals surface area contributed by atoms with Crippen LogP contribution in [0.5, 0.6) is 0 Å². The Hall–Kier alpha value is -1.84. The van der Waals surface area contributed by atoms with Gasteiger partial charge in [0.15, 0.2) is 0 Å². The fourth-order valence-electron chi connectivity index (χ4n) is 6.21. The molecule has 0 unspecified atom stereocenters. The highest BCUT2D eigenvalue weighted by atomic mass is 16.6. The standard InChI is InChI=1S/C42H74O4/c1-3-5-7-9-11-13-15-17-19-21-23-25-27-29-31-37-41(43)45-39-35-33-34-36-40(39)46-42(44)38-32-30-28-26-24-22-20-18-16-14-12-10-8-6-4-2/h11,13,17-20,39-40H,3-10,12,14-16,21-38H2,1-2H3/b13-11-,19-17-,20-18-/t39-,40+/m0/s1. The molecular formula is C42H74O4. The first kappa shape index (κ1) is 42.2. The van der Waals surface area contributed by atoms with Crippen molar-refractivity contribution in [3.63, 3.8) is 0 Å². The third-order valence-electron chi connectivity index (χ3n) is 9.18. The lowest BCUT2D eigenvalue weighted by Gasteiger charge is -2.30. The third kappa shape index (κ3) is 27.3. The Morgan fingerprint density at radius 2 is 0.783 bits per heavy atom. The maximum absolute atomic E-state index is 12.5. The first-order valence-electron chi connectivity index (χ1n) is 20.0. The van der Waals surface area contributed by atoms with Crippen molar-refractivity contribution in [1.29, 1.82) is 0 Å². The van der Waals surface area contributed by atoms with Crippen molar-refractivity contribution < 1.29 is 19.1 Å². The highest BCUT2D eigenvalue weighted by Crippen LogP contribution is 2.25. The fraction of sp³-hybridized carbons (Fsp3) is 0.810. The Bertz CT molecular complexity index is 783. The molecule has 46 heavy (non-hydrogen) atoms. The number of ether oxygens (including phenoxy) is 2. The molecular weight excluding hydrogens is 568 g/mol. The van der Waals surface area contributed by atoms with Gasteiger partial charge in [0.2, 0.25) is 0 Å².